The summed E-state index contributed by atoms with van der Waals surface area (Å²) >= 11 is 6.50. The number of fused-ring (bicyclic) bond motifs is 1. The number of nitriles is 1. The van der Waals surface area contributed by atoms with Gasteiger partial charge in [0.05, 0.1) is 38.2 Å². The van der Waals surface area contributed by atoms with Crippen LogP contribution in [0, 0.1) is 11.3 Å². The second-order valence-corrected chi connectivity index (χ2v) is 8.83. The number of ether oxygens (including phenoxy) is 2. The third-order valence-electron chi connectivity index (χ3n) is 5.52. The Morgan fingerprint density at radius 3 is 2.85 bits per heavy atom. The van der Waals surface area contributed by atoms with Crippen molar-refractivity contribution in [2.45, 2.75) is 20.0 Å². The minimum Gasteiger partial charge on any atom is -0.494 e. The van der Waals surface area contributed by atoms with Crippen LogP contribution < -0.4 is 14.8 Å². The van der Waals surface area contributed by atoms with Crippen LogP contribution in [0.2, 0.25) is 5.02 Å². The van der Waals surface area contributed by atoms with Crippen molar-refractivity contribution >= 4 is 39.7 Å². The van der Waals surface area contributed by atoms with Crippen molar-refractivity contribution in [3.63, 3.8) is 0 Å². The van der Waals surface area contributed by atoms with E-state index in [1.807, 2.05) is 12.1 Å². The van der Waals surface area contributed by atoms with Crippen LogP contribution in [0.4, 0.5) is 11.4 Å². The Morgan fingerprint density at radius 1 is 1.25 bits per heavy atom. The molecule has 2 aromatic heterocycles. The van der Waals surface area contributed by atoms with Crippen LogP contribution in [0.3, 0.4) is 0 Å². The first-order valence-electron chi connectivity index (χ1n) is 16.0. The third-order valence-corrected chi connectivity index (χ3v) is 5.81. The Labute approximate surface area is 250 Å². The normalized spacial score (nSPS) is 15.3. The lowest BCUT2D eigenvalue weighted by Gasteiger charge is -2.16. The van der Waals surface area contributed by atoms with Crippen molar-refractivity contribution in [1.29, 1.82) is 5.26 Å². The van der Waals surface area contributed by atoms with Crippen LogP contribution in [0.15, 0.2) is 73.1 Å². The maximum Gasteiger partial charge on any atom is 0.159 e. The summed E-state index contributed by atoms with van der Waals surface area (Å²) in [5.74, 6) is -0.428. The molecule has 0 atom stereocenters. The quantitative estimate of drug-likeness (QED) is 0.206. The predicted molar refractivity (Wildman–Crippen MR) is 157 cm³/mol. The van der Waals surface area contributed by atoms with E-state index in [4.69, 9.17) is 32.0 Å². The van der Waals surface area contributed by atoms with Gasteiger partial charge in [0.15, 0.2) is 5.78 Å². The molecule has 0 spiro atoms. The molecule has 0 aliphatic heterocycles. The van der Waals surface area contributed by atoms with E-state index in [-0.39, 0.29) is 28.5 Å². The summed E-state index contributed by atoms with van der Waals surface area (Å²) in [5.41, 5.74) is 2.07. The number of ketones is 1. The number of nitrogens with one attached hydrogen (secondary N) is 1. The van der Waals surface area contributed by atoms with E-state index in [0.29, 0.717) is 44.7 Å². The number of anilines is 2. The molecule has 2 aromatic carbocycles. The molecule has 1 N–H and O–H groups in total. The molecule has 0 amide bonds. The Morgan fingerprint density at radius 2 is 2.12 bits per heavy atom. The molecular formula is C31H30ClN5O3. The molecule has 40 heavy (non-hydrogen) atoms. The maximum absolute atomic E-state index is 13.1. The molecule has 4 rings (SSSR count). The molecule has 0 unspecified atom stereocenters. The number of aromatic nitrogens is 2. The van der Waals surface area contributed by atoms with E-state index in [1.165, 1.54) is 18.3 Å². The Hall–Kier alpha value is -4.45. The minimum atomic E-state index is -2.87. The van der Waals surface area contributed by atoms with E-state index in [0.717, 1.165) is 14.0 Å². The summed E-state index contributed by atoms with van der Waals surface area (Å²) in [7, 11) is 0.975. The summed E-state index contributed by atoms with van der Waals surface area (Å²) in [6.45, 7) is -6.48. The highest BCUT2D eigenvalue weighted by molar-refractivity contribution is 6.32. The summed E-state index contributed by atoms with van der Waals surface area (Å²) in [4.78, 5) is 22.0. The molecule has 0 fully saturated rings. The highest BCUT2D eigenvalue weighted by Crippen LogP contribution is 2.36. The van der Waals surface area contributed by atoms with Crippen molar-refractivity contribution < 1.29 is 25.2 Å². The van der Waals surface area contributed by atoms with Gasteiger partial charge in [0, 0.05) is 54.9 Å². The smallest absolute Gasteiger partial charge is 0.159 e. The average molecular weight is 564 g/mol. The van der Waals surface area contributed by atoms with Crippen LogP contribution >= 0.6 is 11.6 Å². The fraction of sp³-hybridized carbons (Fsp3) is 0.226. The maximum atomic E-state index is 13.1. The van der Waals surface area contributed by atoms with E-state index >= 15 is 0 Å². The molecule has 2 heterocycles. The van der Waals surface area contributed by atoms with Crippen molar-refractivity contribution in [2.24, 2.45) is 0 Å². The van der Waals surface area contributed by atoms with E-state index in [1.54, 1.807) is 30.5 Å². The number of likely N-dealkylation sites (N-methyl/N-ethyl adjacent to an activating group) is 1. The number of allylic oxidation sites excluding steroid dienone is 1. The monoisotopic (exact) mass is 563 g/mol. The van der Waals surface area contributed by atoms with Crippen LogP contribution in [0.25, 0.3) is 10.9 Å². The summed E-state index contributed by atoms with van der Waals surface area (Å²) < 4.78 is 73.9. The molecule has 8 nitrogen and oxygen atoms in total. The minimum absolute atomic E-state index is 0.0495. The van der Waals surface area contributed by atoms with Gasteiger partial charge < -0.3 is 19.7 Å². The van der Waals surface area contributed by atoms with Crippen LogP contribution in [0.5, 0.6) is 11.5 Å². The van der Waals surface area contributed by atoms with Gasteiger partial charge in [-0.1, -0.05) is 23.7 Å². The van der Waals surface area contributed by atoms with Gasteiger partial charge in [-0.25, -0.2) is 0 Å². The van der Waals surface area contributed by atoms with Gasteiger partial charge in [-0.2, -0.15) is 5.26 Å². The number of hydrogen-bond donors (Lipinski definition) is 1. The lowest BCUT2D eigenvalue weighted by molar-refractivity contribution is -0.114. The second kappa shape index (κ2) is 13.6. The molecule has 0 aliphatic carbocycles. The predicted octanol–water partition coefficient (Wildman–Crippen LogP) is 6.11. The first-order valence-corrected chi connectivity index (χ1v) is 12.4. The van der Waals surface area contributed by atoms with E-state index in [9.17, 15) is 10.1 Å². The number of benzene rings is 2. The summed E-state index contributed by atoms with van der Waals surface area (Å²) in [6, 6.07) is 14.5. The van der Waals surface area contributed by atoms with Gasteiger partial charge in [0.2, 0.25) is 0 Å². The largest absolute Gasteiger partial charge is 0.494 e. The molecule has 0 saturated carbocycles. The topological polar surface area (TPSA) is 100 Å². The standard InChI is InChI=1S/C31H30ClN5O3/c1-4-39-30-17-28-26(15-21(30)14-25(38)9-7-13-37(2)3)31(22(18-33)19-35-28)36-23-10-11-29(27(32)16-23)40-20-24-8-5-6-12-34-24/h5-12,15-17,19H,4,13-14,20H2,1-3H3,(H,35,36)/b9-7+/i2D3,4D2,7D,13D2. The van der Waals surface area contributed by atoms with Crippen LogP contribution in [0.1, 0.15) is 34.7 Å². The number of halogens is 1. The van der Waals surface area contributed by atoms with Crippen molar-refractivity contribution in [3.8, 4) is 17.6 Å². The summed E-state index contributed by atoms with van der Waals surface area (Å²) in [5, 5.41) is 13.7. The van der Waals surface area contributed by atoms with Gasteiger partial charge in [-0.3, -0.25) is 14.8 Å². The Bertz CT molecular complexity index is 1890. The highest BCUT2D eigenvalue weighted by Gasteiger charge is 2.16. The zero-order chi connectivity index (χ0) is 35.4. The van der Waals surface area contributed by atoms with Crippen LogP contribution in [-0.4, -0.2) is 47.7 Å². The number of carbonyl (C=O) groups is 1. The van der Waals surface area contributed by atoms with Gasteiger partial charge in [-0.15, -0.1) is 0 Å². The van der Waals surface area contributed by atoms with Gasteiger partial charge in [-0.05, 0) is 63.4 Å². The van der Waals surface area contributed by atoms with Gasteiger partial charge in [0.1, 0.15) is 24.2 Å². The molecule has 0 saturated heterocycles. The first kappa shape index (κ1) is 19.6. The third kappa shape index (κ3) is 7.35. The zero-order valence-electron chi connectivity index (χ0n) is 29.7. The van der Waals surface area contributed by atoms with E-state index < -0.39 is 38.3 Å². The molecule has 9 heteroatoms. The zero-order valence-corrected chi connectivity index (χ0v) is 22.4. The summed E-state index contributed by atoms with van der Waals surface area (Å²) in [6.07, 6.45) is 3.17. The molecule has 0 bridgehead atoms. The molecule has 4 aromatic rings. The van der Waals surface area contributed by atoms with Crippen molar-refractivity contribution in [3.05, 3.63) is 94.9 Å². The second-order valence-electron chi connectivity index (χ2n) is 8.42. The Kier molecular flexibility index (Phi) is 6.64. The van der Waals surface area contributed by atoms with Crippen molar-refractivity contribution in [1.82, 2.24) is 14.9 Å². The first-order chi connectivity index (χ1) is 22.4. The molecule has 204 valence electrons. The molecule has 0 radical (unpaired) electrons. The fourth-order valence-electron chi connectivity index (χ4n) is 3.75. The van der Waals surface area contributed by atoms with Gasteiger partial charge in [0.25, 0.3) is 0 Å². The number of hydrogen-bond acceptors (Lipinski definition) is 8. The number of pyridine rings is 2. The van der Waals surface area contributed by atoms with Crippen LogP contribution in [-0.2, 0) is 17.8 Å². The number of nitrogens with zero attached hydrogens (tertiary/aromatic N) is 4. The molecular weight excluding hydrogens is 526 g/mol. The van der Waals surface area contributed by atoms with Gasteiger partial charge >= 0.3 is 0 Å². The number of rotatable bonds is 12. The lowest BCUT2D eigenvalue weighted by Crippen LogP contribution is -2.11. The number of carbonyl (C=O) groups excluding carboxylic acids is 1. The van der Waals surface area contributed by atoms with E-state index in [2.05, 4.69) is 21.4 Å². The fourth-order valence-corrected chi connectivity index (χ4v) is 3.99. The molecule has 0 aliphatic rings. The Balaban J connectivity index is 1.71. The lowest BCUT2D eigenvalue weighted by atomic mass is 10.0. The van der Waals surface area contributed by atoms with Crippen molar-refractivity contribution in [2.75, 3.05) is 32.4 Å². The highest BCUT2D eigenvalue weighted by atomic mass is 35.5. The SMILES string of the molecule is [2H]/C(=C\C(=O)Cc1cc2c(Nc3ccc(OCc4ccccn4)c(Cl)c3)c(C#N)cnc2cc1OC([2H])([2H])C)C([2H])([2H])N(C)C([2H])([2H])[2H]. The average Bonchev–Trinajstić information content (AvgIpc) is 3.00.